The minimum Gasteiger partial charge on any atom is -0.376 e. The number of pyridine rings is 1. The van der Waals surface area contributed by atoms with E-state index in [9.17, 15) is 9.18 Å². The Hall–Kier alpha value is -4.21. The van der Waals surface area contributed by atoms with Gasteiger partial charge in [-0.05, 0) is 70.5 Å². The maximum atomic E-state index is 13.8. The van der Waals surface area contributed by atoms with Crippen molar-refractivity contribution in [2.75, 3.05) is 6.61 Å². The lowest BCUT2D eigenvalue weighted by Gasteiger charge is -2.31. The first kappa shape index (κ1) is 26.0. The molecule has 0 saturated carbocycles. The molecule has 6 rings (SSSR count). The van der Waals surface area contributed by atoms with Gasteiger partial charge in [-0.15, -0.1) is 5.10 Å². The topological polar surface area (TPSA) is 88.9 Å². The number of tetrazole rings is 1. The first-order valence-corrected chi connectivity index (χ1v) is 13.6. The summed E-state index contributed by atoms with van der Waals surface area (Å²) in [5.74, 6) is 0.266. The number of aromatic nitrogens is 5. The Balaban J connectivity index is 1.51. The van der Waals surface area contributed by atoms with Crippen LogP contribution in [0.1, 0.15) is 47.0 Å². The molecule has 8 nitrogen and oxygen atoms in total. The Morgan fingerprint density at radius 1 is 1.05 bits per heavy atom. The minimum atomic E-state index is -0.588. The normalized spacial score (nSPS) is 16.1. The molecule has 1 fully saturated rings. The van der Waals surface area contributed by atoms with Crippen molar-refractivity contribution in [3.05, 3.63) is 123 Å². The second kappa shape index (κ2) is 11.5. The SMILES string of the molecule is Cc1cccc2cc([C@H](c3nnnn3C[C@H]3CCCO3)N(Cc3ccccc3)Cc3ccc(F)cc3)c(=O)[nH]c12. The summed E-state index contributed by atoms with van der Waals surface area (Å²) in [6.07, 6.45) is 1.95. The van der Waals surface area contributed by atoms with Gasteiger partial charge in [0.15, 0.2) is 5.82 Å². The monoisotopic (exact) mass is 538 g/mol. The third-order valence-electron chi connectivity index (χ3n) is 7.51. The fourth-order valence-electron chi connectivity index (χ4n) is 5.50. The van der Waals surface area contributed by atoms with E-state index in [0.29, 0.717) is 31.0 Å². The Morgan fingerprint density at radius 3 is 2.58 bits per heavy atom. The molecular formula is C31H31FN6O2. The van der Waals surface area contributed by atoms with E-state index in [2.05, 4.69) is 37.5 Å². The number of nitrogens with one attached hydrogen (secondary N) is 1. The van der Waals surface area contributed by atoms with Gasteiger partial charge in [0.2, 0.25) is 0 Å². The van der Waals surface area contributed by atoms with Crippen LogP contribution in [0.25, 0.3) is 10.9 Å². The second-order valence-corrected chi connectivity index (χ2v) is 10.4. The maximum Gasteiger partial charge on any atom is 0.253 e. The molecule has 5 aromatic rings. The number of hydrogen-bond donors (Lipinski definition) is 1. The molecule has 0 aliphatic carbocycles. The van der Waals surface area contributed by atoms with Crippen LogP contribution in [0, 0.1) is 12.7 Å². The zero-order valence-corrected chi connectivity index (χ0v) is 22.3. The Labute approximate surface area is 231 Å². The number of aromatic amines is 1. The molecule has 0 bridgehead atoms. The molecule has 9 heteroatoms. The molecule has 0 spiro atoms. The van der Waals surface area contributed by atoms with Gasteiger partial charge in [-0.1, -0.05) is 60.7 Å². The highest BCUT2D eigenvalue weighted by molar-refractivity contribution is 5.82. The van der Waals surface area contributed by atoms with Gasteiger partial charge in [-0.2, -0.15) is 0 Å². The van der Waals surface area contributed by atoms with Gasteiger partial charge in [-0.3, -0.25) is 9.69 Å². The Kier molecular flexibility index (Phi) is 7.48. The van der Waals surface area contributed by atoms with E-state index < -0.39 is 6.04 Å². The van der Waals surface area contributed by atoms with Crippen molar-refractivity contribution in [2.24, 2.45) is 0 Å². The van der Waals surface area contributed by atoms with Gasteiger partial charge in [0.25, 0.3) is 5.56 Å². The molecule has 3 aromatic carbocycles. The first-order chi connectivity index (χ1) is 19.5. The number of nitrogens with zero attached hydrogens (tertiary/aromatic N) is 5. The number of benzene rings is 3. The van der Waals surface area contributed by atoms with Crippen molar-refractivity contribution in [1.29, 1.82) is 0 Å². The molecule has 0 unspecified atom stereocenters. The lowest BCUT2D eigenvalue weighted by atomic mass is 10.0. The third-order valence-corrected chi connectivity index (χ3v) is 7.51. The van der Waals surface area contributed by atoms with Crippen molar-refractivity contribution in [3.63, 3.8) is 0 Å². The van der Waals surface area contributed by atoms with Crippen molar-refractivity contribution in [2.45, 2.75) is 51.5 Å². The van der Waals surface area contributed by atoms with Gasteiger partial charge in [0.05, 0.1) is 18.2 Å². The molecule has 1 saturated heterocycles. The number of para-hydroxylation sites is 1. The molecule has 1 aliphatic rings. The fourth-order valence-corrected chi connectivity index (χ4v) is 5.50. The van der Waals surface area contributed by atoms with E-state index in [1.54, 1.807) is 16.8 Å². The zero-order valence-electron chi connectivity index (χ0n) is 22.3. The van der Waals surface area contributed by atoms with Crippen molar-refractivity contribution >= 4 is 10.9 Å². The Morgan fingerprint density at radius 2 is 1.82 bits per heavy atom. The standard InChI is InChI=1S/C31H31FN6O2/c1-21-7-5-10-24-17-27(31(39)33-28(21)24)29(30-34-35-36-38(30)20-26-11-6-16-40-26)37(18-22-8-3-2-4-9-22)19-23-12-14-25(32)15-13-23/h2-5,7-10,12-15,17,26,29H,6,11,16,18-20H2,1H3,(H,33,39)/t26-,29-/m1/s1. The summed E-state index contributed by atoms with van der Waals surface area (Å²) in [6.45, 7) is 4.16. The van der Waals surface area contributed by atoms with Gasteiger partial charge in [0, 0.05) is 25.3 Å². The predicted octanol–water partition coefficient (Wildman–Crippen LogP) is 4.93. The first-order valence-electron chi connectivity index (χ1n) is 13.6. The molecule has 1 N–H and O–H groups in total. The molecule has 0 amide bonds. The minimum absolute atomic E-state index is 0.0140. The lowest BCUT2D eigenvalue weighted by Crippen LogP contribution is -2.35. The van der Waals surface area contributed by atoms with Gasteiger partial charge in [-0.25, -0.2) is 9.07 Å². The zero-order chi connectivity index (χ0) is 27.5. The smallest absolute Gasteiger partial charge is 0.253 e. The summed E-state index contributed by atoms with van der Waals surface area (Å²) in [4.78, 5) is 19.1. The lowest BCUT2D eigenvalue weighted by molar-refractivity contribution is 0.0903. The van der Waals surface area contributed by atoms with Crippen molar-refractivity contribution in [3.8, 4) is 0 Å². The van der Waals surface area contributed by atoms with Crippen LogP contribution in [0.2, 0.25) is 0 Å². The third kappa shape index (κ3) is 5.57. The van der Waals surface area contributed by atoms with E-state index in [-0.39, 0.29) is 17.5 Å². The van der Waals surface area contributed by atoms with E-state index in [1.165, 1.54) is 12.1 Å². The quantitative estimate of drug-likeness (QED) is 0.286. The van der Waals surface area contributed by atoms with Crippen LogP contribution in [0.4, 0.5) is 4.39 Å². The highest BCUT2D eigenvalue weighted by Gasteiger charge is 2.32. The molecule has 0 radical (unpaired) electrons. The number of aryl methyl sites for hydroxylation is 1. The van der Waals surface area contributed by atoms with Crippen molar-refractivity contribution < 1.29 is 9.13 Å². The van der Waals surface area contributed by atoms with E-state index in [1.807, 2.05) is 49.4 Å². The number of rotatable bonds is 9. The molecule has 1 aliphatic heterocycles. The number of hydrogen-bond acceptors (Lipinski definition) is 6. The average molecular weight is 539 g/mol. The summed E-state index contributed by atoms with van der Waals surface area (Å²) in [5, 5.41) is 13.8. The molecule has 2 atom stereocenters. The van der Waals surface area contributed by atoms with E-state index in [0.717, 1.165) is 47.0 Å². The summed E-state index contributed by atoms with van der Waals surface area (Å²) >= 11 is 0. The fraction of sp³-hybridized carbons (Fsp3) is 0.290. The molecular weight excluding hydrogens is 507 g/mol. The Bertz CT molecular complexity index is 1640. The van der Waals surface area contributed by atoms with Crippen LogP contribution < -0.4 is 5.56 Å². The summed E-state index contributed by atoms with van der Waals surface area (Å²) in [5.41, 5.74) is 4.12. The van der Waals surface area contributed by atoms with Crippen LogP contribution >= 0.6 is 0 Å². The maximum absolute atomic E-state index is 13.8. The second-order valence-electron chi connectivity index (χ2n) is 10.4. The number of H-pyrrole nitrogens is 1. The summed E-state index contributed by atoms with van der Waals surface area (Å²) < 4.78 is 21.5. The summed E-state index contributed by atoms with van der Waals surface area (Å²) in [6, 6.07) is 23.8. The van der Waals surface area contributed by atoms with Crippen molar-refractivity contribution in [1.82, 2.24) is 30.1 Å². The van der Waals surface area contributed by atoms with Gasteiger partial charge in [0.1, 0.15) is 11.9 Å². The summed E-state index contributed by atoms with van der Waals surface area (Å²) in [7, 11) is 0. The van der Waals surface area contributed by atoms with Gasteiger partial charge >= 0.3 is 0 Å². The number of fused-ring (bicyclic) bond motifs is 1. The molecule has 40 heavy (non-hydrogen) atoms. The van der Waals surface area contributed by atoms with Crippen LogP contribution in [0.5, 0.6) is 0 Å². The van der Waals surface area contributed by atoms with Gasteiger partial charge < -0.3 is 9.72 Å². The number of halogens is 1. The van der Waals surface area contributed by atoms with Crippen LogP contribution in [-0.2, 0) is 24.4 Å². The highest BCUT2D eigenvalue weighted by atomic mass is 19.1. The molecule has 3 heterocycles. The predicted molar refractivity (Wildman–Crippen MR) is 150 cm³/mol. The van der Waals surface area contributed by atoms with E-state index >= 15 is 0 Å². The largest absolute Gasteiger partial charge is 0.376 e. The number of ether oxygens (including phenoxy) is 1. The van der Waals surface area contributed by atoms with E-state index in [4.69, 9.17) is 4.74 Å². The highest BCUT2D eigenvalue weighted by Crippen LogP contribution is 2.31. The van der Waals surface area contributed by atoms with Crippen LogP contribution in [-0.4, -0.2) is 42.8 Å². The van der Waals surface area contributed by atoms with Crippen LogP contribution in [0.15, 0.2) is 83.7 Å². The molecule has 204 valence electrons. The average Bonchev–Trinajstić information content (AvgIpc) is 3.64. The molecule has 2 aromatic heterocycles. The van der Waals surface area contributed by atoms with Crippen LogP contribution in [0.3, 0.4) is 0 Å².